The molecule has 0 fully saturated rings. The number of pyridine rings is 1. The van der Waals surface area contributed by atoms with Crippen molar-refractivity contribution >= 4 is 33.3 Å². The summed E-state index contributed by atoms with van der Waals surface area (Å²) in [4.78, 5) is 30.9. The van der Waals surface area contributed by atoms with Gasteiger partial charge in [-0.1, -0.05) is 12.1 Å². The van der Waals surface area contributed by atoms with E-state index in [-0.39, 0.29) is 16.6 Å². The van der Waals surface area contributed by atoms with E-state index in [9.17, 15) is 14.9 Å². The van der Waals surface area contributed by atoms with Gasteiger partial charge in [-0.25, -0.2) is 4.98 Å². The molecule has 0 bridgehead atoms. The second-order valence-electron chi connectivity index (χ2n) is 7.84. The predicted octanol–water partition coefficient (Wildman–Crippen LogP) is 3.00. The van der Waals surface area contributed by atoms with Crippen molar-refractivity contribution in [1.29, 1.82) is 0 Å². The van der Waals surface area contributed by atoms with Crippen molar-refractivity contribution in [2.75, 3.05) is 26.4 Å². The van der Waals surface area contributed by atoms with Crippen LogP contribution in [-0.2, 0) is 13.6 Å². The molecule has 2 N–H and O–H groups in total. The van der Waals surface area contributed by atoms with Gasteiger partial charge in [0.2, 0.25) is 0 Å². The number of nitrogen functional groups attached to an aromatic ring is 1. The van der Waals surface area contributed by atoms with E-state index < -0.39 is 4.92 Å². The monoisotopic (exact) mass is 420 g/mol. The maximum absolute atomic E-state index is 13.3. The molecule has 0 amide bonds. The molecule has 0 saturated heterocycles. The number of nitrogens with two attached hydrogens (primary N) is 1. The van der Waals surface area contributed by atoms with Crippen molar-refractivity contribution in [1.82, 2.24) is 19.0 Å². The number of imidazole rings is 1. The van der Waals surface area contributed by atoms with Crippen LogP contribution in [0.5, 0.6) is 0 Å². The lowest BCUT2D eigenvalue weighted by atomic mass is 10.0. The van der Waals surface area contributed by atoms with Crippen LogP contribution in [0.2, 0.25) is 0 Å². The van der Waals surface area contributed by atoms with E-state index in [4.69, 9.17) is 10.7 Å². The maximum Gasteiger partial charge on any atom is 0.270 e. The molecule has 0 unspecified atom stereocenters. The summed E-state index contributed by atoms with van der Waals surface area (Å²) in [5.74, 6) is 0.919. The largest absolute Gasteiger partial charge is 0.384 e. The Morgan fingerprint density at radius 3 is 2.58 bits per heavy atom. The van der Waals surface area contributed by atoms with Crippen molar-refractivity contribution in [3.05, 3.63) is 62.9 Å². The Kier molecular flexibility index (Phi) is 5.20. The number of anilines is 1. The predicted molar refractivity (Wildman–Crippen MR) is 122 cm³/mol. The van der Waals surface area contributed by atoms with E-state index in [1.54, 1.807) is 6.07 Å². The summed E-state index contributed by atoms with van der Waals surface area (Å²) < 4.78 is 3.43. The van der Waals surface area contributed by atoms with Gasteiger partial charge in [-0.05, 0) is 45.3 Å². The third-order valence-electron chi connectivity index (χ3n) is 5.50. The Morgan fingerprint density at radius 1 is 1.16 bits per heavy atom. The van der Waals surface area contributed by atoms with E-state index in [1.165, 1.54) is 16.7 Å². The van der Waals surface area contributed by atoms with Crippen molar-refractivity contribution in [2.45, 2.75) is 13.0 Å². The highest BCUT2D eigenvalue weighted by atomic mass is 16.6. The number of benzene rings is 2. The van der Waals surface area contributed by atoms with Crippen LogP contribution in [0.25, 0.3) is 33.2 Å². The third-order valence-corrected chi connectivity index (χ3v) is 5.50. The molecule has 2 aromatic heterocycles. The summed E-state index contributed by atoms with van der Waals surface area (Å²) >= 11 is 0. The zero-order valence-corrected chi connectivity index (χ0v) is 17.7. The zero-order chi connectivity index (χ0) is 22.3. The van der Waals surface area contributed by atoms with Gasteiger partial charge in [0.25, 0.3) is 11.2 Å². The molecule has 0 atom stereocenters. The molecule has 9 heteroatoms. The summed E-state index contributed by atoms with van der Waals surface area (Å²) in [6.07, 6.45) is 0.708. The first-order valence-corrected chi connectivity index (χ1v) is 9.96. The molecule has 0 aliphatic rings. The fourth-order valence-electron chi connectivity index (χ4n) is 3.94. The molecule has 2 aromatic carbocycles. The van der Waals surface area contributed by atoms with Crippen LogP contribution in [0.15, 0.2) is 47.3 Å². The maximum atomic E-state index is 13.3. The van der Waals surface area contributed by atoms with Crippen molar-refractivity contribution in [3.63, 3.8) is 0 Å². The molecule has 0 radical (unpaired) electrons. The first-order chi connectivity index (χ1) is 14.8. The molecule has 160 valence electrons. The number of rotatable bonds is 6. The van der Waals surface area contributed by atoms with Gasteiger partial charge in [-0.2, -0.15) is 0 Å². The van der Waals surface area contributed by atoms with Gasteiger partial charge >= 0.3 is 0 Å². The molecule has 0 aliphatic heterocycles. The SMILES string of the molecule is CN(C)CCCn1c(N)c(-c2nc3ccccc3n2C)c2ccc([N+](=O)[O-])cc2c1=O. The molecule has 31 heavy (non-hydrogen) atoms. The number of hydrogen-bond donors (Lipinski definition) is 1. The Bertz CT molecular complexity index is 1370. The van der Waals surface area contributed by atoms with Crippen LogP contribution in [0, 0.1) is 10.1 Å². The number of aryl methyl sites for hydroxylation is 1. The Hall–Kier alpha value is -3.72. The van der Waals surface area contributed by atoms with Gasteiger partial charge in [-0.3, -0.25) is 19.5 Å². The average molecular weight is 420 g/mol. The van der Waals surface area contributed by atoms with Gasteiger partial charge in [0.15, 0.2) is 0 Å². The molecular weight excluding hydrogens is 396 g/mol. The topological polar surface area (TPSA) is 112 Å². The normalized spacial score (nSPS) is 11.6. The fraction of sp³-hybridized carbons (Fsp3) is 0.273. The highest BCUT2D eigenvalue weighted by Crippen LogP contribution is 2.34. The van der Waals surface area contributed by atoms with Crippen LogP contribution in [0.3, 0.4) is 0 Å². The Labute approximate surface area is 178 Å². The number of nitro groups is 1. The summed E-state index contributed by atoms with van der Waals surface area (Å²) in [6, 6.07) is 12.0. The summed E-state index contributed by atoms with van der Waals surface area (Å²) in [5.41, 5.74) is 8.42. The lowest BCUT2D eigenvalue weighted by Gasteiger charge is -2.17. The number of non-ortho nitro benzene ring substituents is 1. The van der Waals surface area contributed by atoms with E-state index >= 15 is 0 Å². The molecular formula is C22H24N6O3. The van der Waals surface area contributed by atoms with Crippen LogP contribution in [0.1, 0.15) is 6.42 Å². The minimum atomic E-state index is -0.500. The highest BCUT2D eigenvalue weighted by Gasteiger charge is 2.22. The van der Waals surface area contributed by atoms with E-state index in [0.717, 1.165) is 17.6 Å². The van der Waals surface area contributed by atoms with Gasteiger partial charge in [0.05, 0.1) is 26.9 Å². The minimum absolute atomic E-state index is 0.134. The van der Waals surface area contributed by atoms with Crippen LogP contribution >= 0.6 is 0 Å². The standard InChI is InChI=1S/C22H24N6O3/c1-25(2)11-6-12-27-20(23)19(21-24-17-7-4-5-8-18(17)26(21)3)15-10-9-14(28(30)31)13-16(15)22(27)29/h4-5,7-10,13H,6,11-12,23H2,1-3H3. The van der Waals surface area contributed by atoms with E-state index in [0.29, 0.717) is 35.6 Å². The molecule has 4 aromatic rings. The van der Waals surface area contributed by atoms with Gasteiger partial charge in [-0.15, -0.1) is 0 Å². The van der Waals surface area contributed by atoms with E-state index in [1.807, 2.05) is 54.9 Å². The van der Waals surface area contributed by atoms with Crippen molar-refractivity contribution in [2.24, 2.45) is 7.05 Å². The molecule has 9 nitrogen and oxygen atoms in total. The number of aromatic nitrogens is 3. The molecule has 0 aliphatic carbocycles. The van der Waals surface area contributed by atoms with E-state index in [2.05, 4.69) is 0 Å². The average Bonchev–Trinajstić information content (AvgIpc) is 3.06. The molecule has 4 rings (SSSR count). The zero-order valence-electron chi connectivity index (χ0n) is 17.7. The number of hydrogen-bond acceptors (Lipinski definition) is 6. The number of nitro benzene ring substituents is 1. The second kappa shape index (κ2) is 7.84. The lowest BCUT2D eigenvalue weighted by molar-refractivity contribution is -0.384. The highest BCUT2D eigenvalue weighted by molar-refractivity contribution is 6.01. The fourth-order valence-corrected chi connectivity index (χ4v) is 3.94. The first-order valence-electron chi connectivity index (χ1n) is 9.96. The summed E-state index contributed by atoms with van der Waals surface area (Å²) in [6.45, 7) is 1.18. The molecule has 2 heterocycles. The second-order valence-corrected chi connectivity index (χ2v) is 7.84. The smallest absolute Gasteiger partial charge is 0.270 e. The number of nitrogens with zero attached hydrogens (tertiary/aromatic N) is 5. The lowest BCUT2D eigenvalue weighted by Crippen LogP contribution is -2.26. The quantitative estimate of drug-likeness (QED) is 0.379. The minimum Gasteiger partial charge on any atom is -0.384 e. The third kappa shape index (κ3) is 3.53. The first kappa shape index (κ1) is 20.5. The van der Waals surface area contributed by atoms with Gasteiger partial charge in [0, 0.05) is 31.1 Å². The van der Waals surface area contributed by atoms with Gasteiger partial charge < -0.3 is 15.2 Å². The summed E-state index contributed by atoms with van der Waals surface area (Å²) in [7, 11) is 5.81. The molecule has 0 spiro atoms. The Balaban J connectivity index is 2.03. The van der Waals surface area contributed by atoms with Crippen molar-refractivity contribution in [3.8, 4) is 11.4 Å². The van der Waals surface area contributed by atoms with Crippen molar-refractivity contribution < 1.29 is 4.92 Å². The molecule has 0 saturated carbocycles. The van der Waals surface area contributed by atoms with Crippen LogP contribution < -0.4 is 11.3 Å². The van der Waals surface area contributed by atoms with Crippen LogP contribution in [-0.4, -0.2) is 44.6 Å². The Morgan fingerprint density at radius 2 is 1.90 bits per heavy atom. The number of para-hydroxylation sites is 2. The summed E-state index contributed by atoms with van der Waals surface area (Å²) in [5, 5.41) is 12.1. The van der Waals surface area contributed by atoms with Crippen LogP contribution in [0.4, 0.5) is 11.5 Å². The van der Waals surface area contributed by atoms with Gasteiger partial charge in [0.1, 0.15) is 11.6 Å². The number of fused-ring (bicyclic) bond motifs is 2.